The van der Waals surface area contributed by atoms with Crippen molar-refractivity contribution in [3.05, 3.63) is 33.4 Å². The molecule has 134 valence electrons. The average Bonchev–Trinajstić information content (AvgIpc) is 2.86. The van der Waals surface area contributed by atoms with E-state index in [2.05, 4.69) is 4.98 Å². The average molecular weight is 404 g/mol. The van der Waals surface area contributed by atoms with E-state index in [1.54, 1.807) is 12.3 Å². The summed E-state index contributed by atoms with van der Waals surface area (Å²) in [5.74, 6) is 0.403. The lowest BCUT2D eigenvalue weighted by molar-refractivity contribution is 0.191. The van der Waals surface area contributed by atoms with Crippen molar-refractivity contribution >= 4 is 50.2 Å². The number of halogens is 2. The van der Waals surface area contributed by atoms with Crippen molar-refractivity contribution in [1.29, 1.82) is 0 Å². The van der Waals surface area contributed by atoms with Crippen LogP contribution in [0.2, 0.25) is 10.0 Å². The van der Waals surface area contributed by atoms with Crippen LogP contribution in [-0.2, 0) is 16.6 Å². The summed E-state index contributed by atoms with van der Waals surface area (Å²) in [4.78, 5) is 18.0. The lowest BCUT2D eigenvalue weighted by atomic mass is 10.0. The molecule has 0 spiro atoms. The van der Waals surface area contributed by atoms with Crippen molar-refractivity contribution in [2.24, 2.45) is 0 Å². The summed E-state index contributed by atoms with van der Waals surface area (Å²) in [6, 6.07) is 0.666. The first-order chi connectivity index (χ1) is 11.6. The van der Waals surface area contributed by atoms with Crippen molar-refractivity contribution in [3.63, 3.8) is 0 Å². The van der Waals surface area contributed by atoms with Crippen LogP contribution < -0.4 is 9.46 Å². The van der Waals surface area contributed by atoms with Gasteiger partial charge in [-0.05, 0) is 24.1 Å². The monoisotopic (exact) mass is 403 g/mol. The molecule has 1 aliphatic heterocycles. The Morgan fingerprint density at radius 1 is 1.40 bits per heavy atom. The van der Waals surface area contributed by atoms with Crippen molar-refractivity contribution in [3.8, 4) is 5.75 Å². The molecule has 2 amide bonds. The maximum atomic E-state index is 12.3. The predicted molar refractivity (Wildman–Crippen MR) is 95.6 cm³/mol. The van der Waals surface area contributed by atoms with E-state index >= 15 is 0 Å². The summed E-state index contributed by atoms with van der Waals surface area (Å²) in [7, 11) is -2.17. The second-order valence-corrected chi connectivity index (χ2v) is 8.29. The molecule has 0 aliphatic carbocycles. The predicted octanol–water partition coefficient (Wildman–Crippen LogP) is 3.10. The maximum Gasteiger partial charge on any atom is 0.331 e. The summed E-state index contributed by atoms with van der Waals surface area (Å²) in [5, 5.41) is 1.25. The molecule has 2 aromatic rings. The first kappa shape index (κ1) is 18.0. The van der Waals surface area contributed by atoms with Crippen molar-refractivity contribution in [1.82, 2.24) is 14.6 Å². The van der Waals surface area contributed by atoms with Gasteiger partial charge in [0.05, 0.1) is 29.9 Å². The highest BCUT2D eigenvalue weighted by atomic mass is 35.5. The van der Waals surface area contributed by atoms with E-state index in [1.807, 2.05) is 11.6 Å². The SMILES string of the molecule is COc1cc2c3c(cnc2c(Cl)c1Cl)CN(C(=O)NS(C)(=O)=O)[C@H]3C. The zero-order chi connectivity index (χ0) is 18.5. The fraction of sp³-hybridized carbons (Fsp3) is 0.333. The molecule has 3 rings (SSSR count). The zero-order valence-corrected chi connectivity index (χ0v) is 16.0. The van der Waals surface area contributed by atoms with Gasteiger partial charge in [-0.1, -0.05) is 23.2 Å². The van der Waals surface area contributed by atoms with Gasteiger partial charge >= 0.3 is 6.03 Å². The number of fused-ring (bicyclic) bond motifs is 3. The molecule has 7 nitrogen and oxygen atoms in total. The number of rotatable bonds is 2. The van der Waals surface area contributed by atoms with E-state index in [-0.39, 0.29) is 22.6 Å². The highest BCUT2D eigenvalue weighted by Crippen LogP contribution is 2.44. The smallest absolute Gasteiger partial charge is 0.331 e. The summed E-state index contributed by atoms with van der Waals surface area (Å²) in [6.07, 6.45) is 2.55. The number of nitrogens with zero attached hydrogens (tertiary/aromatic N) is 2. The lowest BCUT2D eigenvalue weighted by Gasteiger charge is -2.22. The Bertz CT molecular complexity index is 994. The molecular formula is C15H15Cl2N3O4S. The molecule has 10 heteroatoms. The minimum Gasteiger partial charge on any atom is -0.495 e. The number of methoxy groups -OCH3 is 1. The molecule has 0 fully saturated rings. The second kappa shape index (κ2) is 6.19. The van der Waals surface area contributed by atoms with Crippen LogP contribution in [0.15, 0.2) is 12.3 Å². The minimum absolute atomic E-state index is 0.239. The number of aromatic nitrogens is 1. The van der Waals surface area contributed by atoms with Gasteiger partial charge in [0.25, 0.3) is 0 Å². The summed E-state index contributed by atoms with van der Waals surface area (Å²) in [5.41, 5.74) is 2.15. The standard InChI is InChI=1S/C15H15Cl2N3O4S/c1-7-11-8(6-20(7)15(21)19-25(3,22)23)5-18-14-9(11)4-10(24-2)12(16)13(14)17/h4-5,7H,6H2,1-3H3,(H,19,21)/t7-/m0/s1. The van der Waals surface area contributed by atoms with Gasteiger partial charge in [-0.25, -0.2) is 17.9 Å². The number of carbonyl (C=O) groups excluding carboxylic acids is 1. The van der Waals surface area contributed by atoms with E-state index in [9.17, 15) is 13.2 Å². The third kappa shape index (κ3) is 3.09. The summed E-state index contributed by atoms with van der Waals surface area (Å²) >= 11 is 12.5. The Morgan fingerprint density at radius 3 is 2.68 bits per heavy atom. The topological polar surface area (TPSA) is 88.6 Å². The quantitative estimate of drug-likeness (QED) is 0.831. The van der Waals surface area contributed by atoms with Gasteiger partial charge in [-0.15, -0.1) is 0 Å². The molecule has 0 unspecified atom stereocenters. The number of hydrogen-bond donors (Lipinski definition) is 1. The molecule has 0 saturated heterocycles. The Kier molecular flexibility index (Phi) is 4.47. The molecule has 25 heavy (non-hydrogen) atoms. The van der Waals surface area contributed by atoms with Gasteiger partial charge < -0.3 is 9.64 Å². The number of urea groups is 1. The second-order valence-electron chi connectivity index (χ2n) is 5.78. The first-order valence-corrected chi connectivity index (χ1v) is 9.90. The third-order valence-electron chi connectivity index (χ3n) is 4.11. The van der Waals surface area contributed by atoms with Gasteiger partial charge in [0.2, 0.25) is 10.0 Å². The van der Waals surface area contributed by atoms with Crippen LogP contribution in [0.3, 0.4) is 0 Å². The normalized spacial score (nSPS) is 16.8. The highest BCUT2D eigenvalue weighted by Gasteiger charge is 2.34. The Labute approximate surface area is 154 Å². The largest absolute Gasteiger partial charge is 0.495 e. The Morgan fingerprint density at radius 2 is 2.08 bits per heavy atom. The number of nitrogens with one attached hydrogen (secondary N) is 1. The molecule has 1 aromatic heterocycles. The number of sulfonamides is 1. The van der Waals surface area contributed by atoms with Crippen LogP contribution in [0.4, 0.5) is 4.79 Å². The number of amides is 2. The number of carbonyl (C=O) groups is 1. The summed E-state index contributed by atoms with van der Waals surface area (Å²) < 4.78 is 29.9. The minimum atomic E-state index is -3.65. The van der Waals surface area contributed by atoms with Crippen LogP contribution in [0.5, 0.6) is 5.75 Å². The fourth-order valence-corrected chi connectivity index (χ4v) is 3.92. The molecular weight excluding hydrogens is 389 g/mol. The third-order valence-corrected chi connectivity index (χ3v) is 5.50. The van der Waals surface area contributed by atoms with E-state index < -0.39 is 16.1 Å². The Balaban J connectivity index is 2.12. The number of benzene rings is 1. The van der Waals surface area contributed by atoms with Crippen molar-refractivity contribution in [2.75, 3.05) is 13.4 Å². The van der Waals surface area contributed by atoms with Crippen molar-refractivity contribution in [2.45, 2.75) is 19.5 Å². The molecule has 1 aliphatic rings. The Hall–Kier alpha value is -1.77. The number of hydrogen-bond acceptors (Lipinski definition) is 5. The van der Waals surface area contributed by atoms with Crippen LogP contribution in [0.1, 0.15) is 24.1 Å². The van der Waals surface area contributed by atoms with Gasteiger partial charge in [-0.3, -0.25) is 4.98 Å². The molecule has 1 atom stereocenters. The van der Waals surface area contributed by atoms with Gasteiger partial charge in [-0.2, -0.15) is 0 Å². The number of pyridine rings is 1. The summed E-state index contributed by atoms with van der Waals surface area (Å²) in [6.45, 7) is 2.05. The number of ether oxygens (including phenoxy) is 1. The van der Waals surface area contributed by atoms with Crippen LogP contribution >= 0.6 is 23.2 Å². The fourth-order valence-electron chi connectivity index (χ4n) is 3.02. The lowest BCUT2D eigenvalue weighted by Crippen LogP contribution is -2.40. The van der Waals surface area contributed by atoms with Gasteiger partial charge in [0, 0.05) is 18.1 Å². The molecule has 0 radical (unpaired) electrons. The van der Waals surface area contributed by atoms with E-state index in [0.717, 1.165) is 17.4 Å². The van der Waals surface area contributed by atoms with Crippen LogP contribution in [0.25, 0.3) is 10.9 Å². The van der Waals surface area contributed by atoms with Crippen LogP contribution in [-0.4, -0.2) is 37.7 Å². The molecule has 2 heterocycles. The molecule has 1 N–H and O–H groups in total. The van der Waals surface area contributed by atoms with Gasteiger partial charge in [0.15, 0.2) is 0 Å². The zero-order valence-electron chi connectivity index (χ0n) is 13.6. The van der Waals surface area contributed by atoms with Crippen molar-refractivity contribution < 1.29 is 17.9 Å². The van der Waals surface area contributed by atoms with Gasteiger partial charge in [0.1, 0.15) is 10.8 Å². The molecule has 1 aromatic carbocycles. The van der Waals surface area contributed by atoms with E-state index in [1.165, 1.54) is 12.0 Å². The molecule has 0 bridgehead atoms. The highest BCUT2D eigenvalue weighted by molar-refractivity contribution is 7.89. The van der Waals surface area contributed by atoms with E-state index in [0.29, 0.717) is 16.7 Å². The first-order valence-electron chi connectivity index (χ1n) is 7.26. The van der Waals surface area contributed by atoms with Crippen LogP contribution in [0, 0.1) is 0 Å². The maximum absolute atomic E-state index is 12.3. The molecule has 0 saturated carbocycles. The van der Waals surface area contributed by atoms with E-state index in [4.69, 9.17) is 27.9 Å².